The molecule has 1 heterocycles. The van der Waals surface area contributed by atoms with Crippen LogP contribution in [0.15, 0.2) is 6.20 Å². The number of aliphatic hydroxyl groups excluding tert-OH is 1. The molecule has 0 radical (unpaired) electrons. The first kappa shape index (κ1) is 12.9. The molecule has 0 bridgehead atoms. The Hall–Kier alpha value is -0.580. The number of likely N-dealkylation sites (N-methyl/N-ethyl adjacent to an activating group) is 1. The molecule has 2 rings (SSSR count). The van der Waals surface area contributed by atoms with Crippen molar-refractivity contribution in [2.75, 3.05) is 7.05 Å². The first-order valence-electron chi connectivity index (χ1n) is 6.14. The molecule has 1 fully saturated rings. The highest BCUT2D eigenvalue weighted by molar-refractivity contribution is 6.29. The maximum absolute atomic E-state index is 10.00. The number of rotatable bonds is 3. The van der Waals surface area contributed by atoms with Gasteiger partial charge in [0.2, 0.25) is 0 Å². The first-order chi connectivity index (χ1) is 8.09. The lowest BCUT2D eigenvalue weighted by Crippen LogP contribution is -2.43. The second kappa shape index (κ2) is 5.38. The van der Waals surface area contributed by atoms with E-state index in [1.165, 1.54) is 6.42 Å². The number of nitrogens with zero attached hydrogens (tertiary/aromatic N) is 3. The number of hydrogen-bond donors (Lipinski definition) is 1. The standard InChI is InChI=1S/C12H20ClN3O/c1-15(9-5-3-4-6-10(9)17)8-12-14-7-11(13)16(12)2/h7,9-10,17H,3-6,8H2,1-2H3. The van der Waals surface area contributed by atoms with Crippen LogP contribution in [0.25, 0.3) is 0 Å². The molecule has 17 heavy (non-hydrogen) atoms. The van der Waals surface area contributed by atoms with Gasteiger partial charge in [0, 0.05) is 13.1 Å². The van der Waals surface area contributed by atoms with Gasteiger partial charge in [0.25, 0.3) is 0 Å². The van der Waals surface area contributed by atoms with Crippen LogP contribution in [-0.2, 0) is 13.6 Å². The van der Waals surface area contributed by atoms with Crippen LogP contribution in [0.5, 0.6) is 0 Å². The molecule has 0 saturated heterocycles. The van der Waals surface area contributed by atoms with E-state index in [-0.39, 0.29) is 12.1 Å². The van der Waals surface area contributed by atoms with Crippen LogP contribution in [0.1, 0.15) is 31.5 Å². The van der Waals surface area contributed by atoms with Crippen LogP contribution >= 0.6 is 11.6 Å². The fourth-order valence-corrected chi connectivity index (χ4v) is 2.66. The Balaban J connectivity index is 2.00. The molecule has 1 aliphatic rings. The smallest absolute Gasteiger partial charge is 0.128 e. The van der Waals surface area contributed by atoms with Gasteiger partial charge in [-0.15, -0.1) is 0 Å². The summed E-state index contributed by atoms with van der Waals surface area (Å²) in [4.78, 5) is 6.47. The molecule has 0 aromatic carbocycles. The molecular formula is C12H20ClN3O. The second-order valence-corrected chi connectivity index (χ2v) is 5.28. The van der Waals surface area contributed by atoms with Crippen molar-refractivity contribution in [2.24, 2.45) is 7.05 Å². The van der Waals surface area contributed by atoms with Crippen molar-refractivity contribution in [3.8, 4) is 0 Å². The monoisotopic (exact) mass is 257 g/mol. The van der Waals surface area contributed by atoms with E-state index in [0.29, 0.717) is 5.15 Å². The van der Waals surface area contributed by atoms with Gasteiger partial charge in [-0.3, -0.25) is 4.90 Å². The highest BCUT2D eigenvalue weighted by atomic mass is 35.5. The Morgan fingerprint density at radius 3 is 2.82 bits per heavy atom. The lowest BCUT2D eigenvalue weighted by molar-refractivity contribution is 0.0275. The number of hydrogen-bond acceptors (Lipinski definition) is 3. The third-order valence-corrected chi connectivity index (χ3v) is 4.03. The Bertz CT molecular complexity index is 380. The summed E-state index contributed by atoms with van der Waals surface area (Å²) in [5, 5.41) is 10.6. The van der Waals surface area contributed by atoms with Crippen molar-refractivity contribution >= 4 is 11.6 Å². The Morgan fingerprint density at radius 1 is 1.53 bits per heavy atom. The predicted octanol–water partition coefficient (Wildman–Crippen LogP) is 1.81. The summed E-state index contributed by atoms with van der Waals surface area (Å²) >= 11 is 5.96. The van der Waals surface area contributed by atoms with Crippen LogP contribution < -0.4 is 0 Å². The van der Waals surface area contributed by atoms with Crippen LogP contribution in [0.4, 0.5) is 0 Å². The van der Waals surface area contributed by atoms with E-state index in [9.17, 15) is 5.11 Å². The van der Waals surface area contributed by atoms with Gasteiger partial charge >= 0.3 is 0 Å². The largest absolute Gasteiger partial charge is 0.391 e. The van der Waals surface area contributed by atoms with Crippen LogP contribution in [-0.4, -0.2) is 38.8 Å². The molecule has 2 unspecified atom stereocenters. The van der Waals surface area contributed by atoms with E-state index in [0.717, 1.165) is 31.6 Å². The normalized spacial score (nSPS) is 25.5. The molecule has 0 spiro atoms. The maximum atomic E-state index is 10.00. The lowest BCUT2D eigenvalue weighted by atomic mass is 9.91. The quantitative estimate of drug-likeness (QED) is 0.898. The number of halogens is 1. The molecule has 0 amide bonds. The minimum Gasteiger partial charge on any atom is -0.391 e. The molecule has 2 atom stereocenters. The average Bonchev–Trinajstić information content (AvgIpc) is 2.61. The van der Waals surface area contributed by atoms with Crippen molar-refractivity contribution in [1.29, 1.82) is 0 Å². The van der Waals surface area contributed by atoms with Crippen molar-refractivity contribution in [1.82, 2.24) is 14.5 Å². The molecule has 96 valence electrons. The third kappa shape index (κ3) is 2.81. The lowest BCUT2D eigenvalue weighted by Gasteiger charge is -2.34. The Labute approximate surface area is 107 Å². The summed E-state index contributed by atoms with van der Waals surface area (Å²) in [6, 6.07) is 0.249. The molecule has 0 aliphatic heterocycles. The molecule has 5 heteroatoms. The predicted molar refractivity (Wildman–Crippen MR) is 67.9 cm³/mol. The molecule has 1 aliphatic carbocycles. The summed E-state index contributed by atoms with van der Waals surface area (Å²) in [7, 11) is 3.96. The van der Waals surface area contributed by atoms with Crippen molar-refractivity contribution in [3.63, 3.8) is 0 Å². The summed E-state index contributed by atoms with van der Waals surface area (Å²) in [5.41, 5.74) is 0. The van der Waals surface area contributed by atoms with E-state index in [1.807, 2.05) is 18.7 Å². The van der Waals surface area contributed by atoms with Crippen molar-refractivity contribution in [2.45, 2.75) is 44.4 Å². The molecule has 1 saturated carbocycles. The van der Waals surface area contributed by atoms with E-state index in [1.54, 1.807) is 6.20 Å². The summed E-state index contributed by atoms with van der Waals surface area (Å²) in [5.74, 6) is 0.940. The number of imidazole rings is 1. The third-order valence-electron chi connectivity index (χ3n) is 3.68. The van der Waals surface area contributed by atoms with Crippen LogP contribution in [0.2, 0.25) is 5.15 Å². The topological polar surface area (TPSA) is 41.3 Å². The van der Waals surface area contributed by atoms with Crippen LogP contribution in [0, 0.1) is 0 Å². The minimum absolute atomic E-state index is 0.204. The molecule has 4 nitrogen and oxygen atoms in total. The van der Waals surface area contributed by atoms with Gasteiger partial charge in [-0.1, -0.05) is 24.4 Å². The minimum atomic E-state index is -0.204. The molecule has 1 aromatic rings. The SMILES string of the molecule is CN(Cc1ncc(Cl)n1C)C1CCCCC1O. The van der Waals surface area contributed by atoms with Gasteiger partial charge in [0.1, 0.15) is 11.0 Å². The fraction of sp³-hybridized carbons (Fsp3) is 0.750. The highest BCUT2D eigenvalue weighted by Crippen LogP contribution is 2.23. The second-order valence-electron chi connectivity index (χ2n) is 4.89. The van der Waals surface area contributed by atoms with Crippen molar-refractivity contribution in [3.05, 3.63) is 17.2 Å². The van der Waals surface area contributed by atoms with Gasteiger partial charge in [0.15, 0.2) is 0 Å². The van der Waals surface area contributed by atoms with E-state index in [2.05, 4.69) is 9.88 Å². The Kier molecular flexibility index (Phi) is 4.07. The summed E-state index contributed by atoms with van der Waals surface area (Å²) < 4.78 is 1.88. The molecule has 1 N–H and O–H groups in total. The van der Waals surface area contributed by atoms with Crippen LogP contribution in [0.3, 0.4) is 0 Å². The van der Waals surface area contributed by atoms with Gasteiger partial charge in [-0.25, -0.2) is 4.98 Å². The zero-order valence-corrected chi connectivity index (χ0v) is 11.2. The number of aliphatic hydroxyl groups is 1. The van der Waals surface area contributed by atoms with E-state index in [4.69, 9.17) is 11.6 Å². The summed E-state index contributed by atoms with van der Waals surface area (Å²) in [6.07, 6.45) is 5.78. The first-order valence-corrected chi connectivity index (χ1v) is 6.52. The van der Waals surface area contributed by atoms with Gasteiger partial charge in [-0.2, -0.15) is 0 Å². The molecule has 1 aromatic heterocycles. The zero-order chi connectivity index (χ0) is 12.4. The fourth-order valence-electron chi connectivity index (χ4n) is 2.52. The Morgan fingerprint density at radius 2 is 2.24 bits per heavy atom. The zero-order valence-electron chi connectivity index (χ0n) is 10.4. The number of aromatic nitrogens is 2. The van der Waals surface area contributed by atoms with E-state index < -0.39 is 0 Å². The van der Waals surface area contributed by atoms with Gasteiger partial charge < -0.3 is 9.67 Å². The van der Waals surface area contributed by atoms with E-state index >= 15 is 0 Å². The maximum Gasteiger partial charge on any atom is 0.128 e. The molecular weight excluding hydrogens is 238 g/mol. The van der Waals surface area contributed by atoms with Gasteiger partial charge in [0.05, 0.1) is 18.8 Å². The van der Waals surface area contributed by atoms with Gasteiger partial charge in [-0.05, 0) is 19.9 Å². The highest BCUT2D eigenvalue weighted by Gasteiger charge is 2.27. The summed E-state index contributed by atoms with van der Waals surface area (Å²) in [6.45, 7) is 0.727. The van der Waals surface area contributed by atoms with Crippen molar-refractivity contribution < 1.29 is 5.11 Å². The average molecular weight is 258 g/mol.